The van der Waals surface area contributed by atoms with Crippen molar-refractivity contribution in [1.29, 1.82) is 0 Å². The van der Waals surface area contributed by atoms with Crippen LogP contribution in [0.5, 0.6) is 0 Å². The third-order valence-corrected chi connectivity index (χ3v) is 8.06. The van der Waals surface area contributed by atoms with Crippen molar-refractivity contribution in [2.24, 2.45) is 0 Å². The molecule has 0 bridgehead atoms. The zero-order valence-electron chi connectivity index (χ0n) is 29.7. The number of ether oxygens (including phenoxy) is 2. The molecule has 0 amide bonds. The van der Waals surface area contributed by atoms with E-state index >= 15 is 0 Å². The van der Waals surface area contributed by atoms with Crippen LogP contribution in [-0.2, 0) is 28.2 Å². The van der Waals surface area contributed by atoms with Crippen LogP contribution in [0.2, 0.25) is 0 Å². The van der Waals surface area contributed by atoms with Crippen LogP contribution < -0.4 is 0 Å². The van der Waals surface area contributed by atoms with Crippen LogP contribution in [0, 0.1) is 0 Å². The van der Waals surface area contributed by atoms with Gasteiger partial charge in [0.15, 0.2) is 6.10 Å². The minimum atomic E-state index is -4.76. The monoisotopic (exact) mass is 682 g/mol. The maximum absolute atomic E-state index is 12.3. The van der Waals surface area contributed by atoms with E-state index in [2.05, 4.69) is 67.0 Å². The Morgan fingerprint density at radius 1 is 0.553 bits per heavy atom. The number of unbranched alkanes of at least 4 members (excludes halogenated alkanes) is 15. The highest BCUT2D eigenvalue weighted by atomic mass is 31.2. The summed E-state index contributed by atoms with van der Waals surface area (Å²) in [5, 5.41) is 0. The summed E-state index contributed by atoms with van der Waals surface area (Å²) in [6.45, 7) is 3.58. The van der Waals surface area contributed by atoms with Gasteiger partial charge >= 0.3 is 19.8 Å². The summed E-state index contributed by atoms with van der Waals surface area (Å²) in [6, 6.07) is 0. The quantitative estimate of drug-likeness (QED) is 0.0304. The molecular weight excluding hydrogens is 615 g/mol. The molecule has 0 aliphatic heterocycles. The Bertz CT molecular complexity index is 905. The first-order valence-corrected chi connectivity index (χ1v) is 20.0. The molecule has 0 spiro atoms. The molecular formula is C38H67O8P. The van der Waals surface area contributed by atoms with E-state index in [-0.39, 0.29) is 19.4 Å². The maximum atomic E-state index is 12.3. The van der Waals surface area contributed by atoms with Crippen molar-refractivity contribution in [3.8, 4) is 0 Å². The number of hydrogen-bond acceptors (Lipinski definition) is 6. The molecule has 0 saturated heterocycles. The molecule has 272 valence electrons. The second kappa shape index (κ2) is 33.9. The summed E-state index contributed by atoms with van der Waals surface area (Å²) in [5.41, 5.74) is 0. The summed E-state index contributed by atoms with van der Waals surface area (Å²) in [7, 11) is -4.76. The number of allylic oxidation sites excluding steroid dienone is 8. The fourth-order valence-corrected chi connectivity index (χ4v) is 5.14. The molecule has 0 aromatic heterocycles. The average Bonchev–Trinajstić information content (AvgIpc) is 3.04. The molecule has 0 aliphatic carbocycles. The molecule has 0 aliphatic rings. The van der Waals surface area contributed by atoms with Gasteiger partial charge in [0.2, 0.25) is 0 Å². The van der Waals surface area contributed by atoms with Gasteiger partial charge in [-0.1, -0.05) is 120 Å². The highest BCUT2D eigenvalue weighted by molar-refractivity contribution is 7.46. The summed E-state index contributed by atoms with van der Waals surface area (Å²) in [5.74, 6) is -0.925. The number of carbonyl (C=O) groups is 2. The van der Waals surface area contributed by atoms with Crippen LogP contribution in [0.15, 0.2) is 48.6 Å². The Morgan fingerprint density at radius 3 is 1.45 bits per heavy atom. The van der Waals surface area contributed by atoms with Crippen molar-refractivity contribution in [1.82, 2.24) is 0 Å². The van der Waals surface area contributed by atoms with Gasteiger partial charge < -0.3 is 19.3 Å². The number of carbonyl (C=O) groups excluding carboxylic acids is 2. The molecule has 0 radical (unpaired) electrons. The first-order valence-electron chi connectivity index (χ1n) is 18.4. The maximum Gasteiger partial charge on any atom is 0.469 e. The molecule has 0 rings (SSSR count). The van der Waals surface area contributed by atoms with Crippen molar-refractivity contribution in [2.45, 2.75) is 168 Å². The summed E-state index contributed by atoms with van der Waals surface area (Å²) >= 11 is 0. The number of esters is 2. The lowest BCUT2D eigenvalue weighted by atomic mass is 10.1. The molecule has 0 unspecified atom stereocenters. The van der Waals surface area contributed by atoms with Crippen molar-refractivity contribution in [2.75, 3.05) is 13.2 Å². The van der Waals surface area contributed by atoms with Gasteiger partial charge in [-0.3, -0.25) is 14.1 Å². The fraction of sp³-hybridized carbons (Fsp3) is 0.737. The lowest BCUT2D eigenvalue weighted by Gasteiger charge is -2.18. The summed E-state index contributed by atoms with van der Waals surface area (Å²) < 4.78 is 26.2. The molecule has 2 N–H and O–H groups in total. The lowest BCUT2D eigenvalue weighted by molar-refractivity contribution is -0.161. The Morgan fingerprint density at radius 2 is 0.957 bits per heavy atom. The van der Waals surface area contributed by atoms with Crippen LogP contribution in [0.3, 0.4) is 0 Å². The van der Waals surface area contributed by atoms with Gasteiger partial charge in [-0.25, -0.2) is 4.57 Å². The average molecular weight is 683 g/mol. The molecule has 1 atom stereocenters. The Labute approximate surface area is 286 Å². The van der Waals surface area contributed by atoms with Gasteiger partial charge in [-0.15, -0.1) is 0 Å². The van der Waals surface area contributed by atoms with E-state index in [4.69, 9.17) is 19.3 Å². The minimum Gasteiger partial charge on any atom is -0.462 e. The molecule has 0 heterocycles. The van der Waals surface area contributed by atoms with Crippen molar-refractivity contribution in [3.63, 3.8) is 0 Å². The standard InChI is InChI=1S/C38H67O8P/c1-3-5-7-9-11-13-15-17-18-19-20-21-23-24-26-28-30-32-37(39)44-34-36(35-45-47(41,42)43)46-38(40)33-31-29-27-25-22-16-14-12-10-8-6-4-2/h11-14,17-18,20-21,36H,3-10,15-16,19,22-35H2,1-2H3,(H2,41,42,43)/b13-11-,14-12-,18-17-,21-20-/t36-/m1/s1. The van der Waals surface area contributed by atoms with Gasteiger partial charge in [0.05, 0.1) is 6.61 Å². The largest absolute Gasteiger partial charge is 0.469 e. The molecule has 8 nitrogen and oxygen atoms in total. The van der Waals surface area contributed by atoms with Crippen LogP contribution in [-0.4, -0.2) is 41.0 Å². The fourth-order valence-electron chi connectivity index (χ4n) is 4.78. The zero-order valence-corrected chi connectivity index (χ0v) is 30.6. The number of rotatable bonds is 33. The van der Waals surface area contributed by atoms with E-state index in [1.807, 2.05) is 0 Å². The molecule has 47 heavy (non-hydrogen) atoms. The number of phosphoric ester groups is 1. The first kappa shape index (κ1) is 45.0. The number of hydrogen-bond donors (Lipinski definition) is 2. The minimum absolute atomic E-state index is 0.195. The smallest absolute Gasteiger partial charge is 0.462 e. The predicted octanol–water partition coefficient (Wildman–Crippen LogP) is 10.8. The van der Waals surface area contributed by atoms with E-state index in [0.717, 1.165) is 77.0 Å². The van der Waals surface area contributed by atoms with Crippen LogP contribution in [0.4, 0.5) is 0 Å². The molecule has 0 saturated carbocycles. The number of phosphoric acid groups is 1. The Hall–Kier alpha value is -1.99. The van der Waals surface area contributed by atoms with Gasteiger partial charge in [-0.05, 0) is 77.0 Å². The molecule has 9 heteroatoms. The summed E-state index contributed by atoms with van der Waals surface area (Å²) in [6.07, 6.45) is 39.7. The highest BCUT2D eigenvalue weighted by Crippen LogP contribution is 2.36. The second-order valence-electron chi connectivity index (χ2n) is 12.2. The second-order valence-corrected chi connectivity index (χ2v) is 13.4. The summed E-state index contributed by atoms with van der Waals surface area (Å²) in [4.78, 5) is 42.6. The van der Waals surface area contributed by atoms with Gasteiger partial charge in [-0.2, -0.15) is 0 Å². The SMILES string of the molecule is CCCCC/C=C\C/C=C\C/C=C\CCCCCCC(=O)OC[C@H](COP(=O)(O)O)OC(=O)CCCCCCC/C=C\CCCCC. The molecule has 0 fully saturated rings. The van der Waals surface area contributed by atoms with Gasteiger partial charge in [0, 0.05) is 12.8 Å². The van der Waals surface area contributed by atoms with E-state index in [1.165, 1.54) is 44.9 Å². The van der Waals surface area contributed by atoms with Gasteiger partial charge in [0.25, 0.3) is 0 Å². The zero-order chi connectivity index (χ0) is 34.7. The molecule has 0 aromatic rings. The van der Waals surface area contributed by atoms with Gasteiger partial charge in [0.1, 0.15) is 6.61 Å². The van der Waals surface area contributed by atoms with Crippen LogP contribution in [0.25, 0.3) is 0 Å². The topological polar surface area (TPSA) is 119 Å². The predicted molar refractivity (Wildman–Crippen MR) is 193 cm³/mol. The van der Waals surface area contributed by atoms with E-state index in [0.29, 0.717) is 12.8 Å². The third kappa shape index (κ3) is 36.7. The Balaban J connectivity index is 4.04. The Kier molecular flexibility index (Phi) is 32.5. The van der Waals surface area contributed by atoms with E-state index in [1.54, 1.807) is 0 Å². The third-order valence-electron chi connectivity index (χ3n) is 7.57. The van der Waals surface area contributed by atoms with Crippen LogP contribution >= 0.6 is 7.82 Å². The lowest BCUT2D eigenvalue weighted by Crippen LogP contribution is -2.29. The highest BCUT2D eigenvalue weighted by Gasteiger charge is 2.22. The van der Waals surface area contributed by atoms with Crippen LogP contribution in [0.1, 0.15) is 162 Å². The normalized spacial score (nSPS) is 13.0. The van der Waals surface area contributed by atoms with E-state index < -0.39 is 32.5 Å². The molecule has 0 aromatic carbocycles. The first-order chi connectivity index (χ1) is 22.8. The van der Waals surface area contributed by atoms with E-state index in [9.17, 15) is 14.2 Å². The van der Waals surface area contributed by atoms with Crippen molar-refractivity contribution in [3.05, 3.63) is 48.6 Å². The van der Waals surface area contributed by atoms with Crippen molar-refractivity contribution < 1.29 is 37.9 Å². The van der Waals surface area contributed by atoms with Crippen molar-refractivity contribution >= 4 is 19.8 Å².